The van der Waals surface area contributed by atoms with Crippen molar-refractivity contribution < 1.29 is 23.9 Å². The van der Waals surface area contributed by atoms with Crippen molar-refractivity contribution >= 4 is 39.8 Å². The summed E-state index contributed by atoms with van der Waals surface area (Å²) in [5, 5.41) is 5.79. The number of nitrogens with one attached hydrogen (secondary N) is 2. The molecule has 2 amide bonds. The molecule has 1 aromatic heterocycles. The number of amides is 2. The number of hydrogen-bond donors (Lipinski definition) is 2. The summed E-state index contributed by atoms with van der Waals surface area (Å²) in [7, 11) is 2.76. The maximum absolute atomic E-state index is 13.0. The maximum atomic E-state index is 13.0. The van der Waals surface area contributed by atoms with E-state index in [1.54, 1.807) is 49.4 Å². The summed E-state index contributed by atoms with van der Waals surface area (Å²) in [6, 6.07) is 14.1. The molecule has 0 aliphatic heterocycles. The predicted octanol–water partition coefficient (Wildman–Crippen LogP) is 4.66. The largest absolute Gasteiger partial charge is 0.495 e. The number of ether oxygens (including phenoxy) is 2. The van der Waals surface area contributed by atoms with Gasteiger partial charge < -0.3 is 20.1 Å². The van der Waals surface area contributed by atoms with Crippen LogP contribution in [0, 0.1) is 13.8 Å². The molecular weight excluding hydrogens is 416 g/mol. The number of hydrogen-bond acceptors (Lipinski definition) is 6. The molecule has 2 aromatic carbocycles. The van der Waals surface area contributed by atoms with Crippen LogP contribution < -0.4 is 15.4 Å². The molecule has 0 aliphatic carbocycles. The van der Waals surface area contributed by atoms with Gasteiger partial charge in [-0.2, -0.15) is 0 Å². The van der Waals surface area contributed by atoms with Gasteiger partial charge in [-0.3, -0.25) is 9.59 Å². The monoisotopic (exact) mass is 438 g/mol. The van der Waals surface area contributed by atoms with Crippen LogP contribution in [0.5, 0.6) is 5.75 Å². The third-order valence-corrected chi connectivity index (χ3v) is 5.81. The third kappa shape index (κ3) is 4.75. The quantitative estimate of drug-likeness (QED) is 0.546. The molecule has 3 rings (SSSR count). The molecule has 1 heterocycles. The number of benzene rings is 2. The van der Waals surface area contributed by atoms with Crippen LogP contribution in [0.3, 0.4) is 0 Å². The summed E-state index contributed by atoms with van der Waals surface area (Å²) in [6.45, 7) is 3.52. The van der Waals surface area contributed by atoms with E-state index in [0.29, 0.717) is 22.6 Å². The number of methoxy groups -OCH3 is 2. The highest BCUT2D eigenvalue weighted by atomic mass is 32.1. The number of carbonyl (C=O) groups is 3. The molecule has 7 nitrogen and oxygen atoms in total. The SMILES string of the molecule is COC(=O)c1c(NC(=O)c2cccc(C)c2)sc(C(=O)Nc2ccccc2OC)c1C. The second kappa shape index (κ2) is 9.44. The van der Waals surface area contributed by atoms with Crippen molar-refractivity contribution in [3.63, 3.8) is 0 Å². The van der Waals surface area contributed by atoms with Gasteiger partial charge in [0.05, 0.1) is 30.3 Å². The highest BCUT2D eigenvalue weighted by Gasteiger charge is 2.27. The molecule has 0 atom stereocenters. The number of aryl methyl sites for hydroxylation is 1. The second-order valence-corrected chi connectivity index (χ2v) is 7.75. The lowest BCUT2D eigenvalue weighted by Crippen LogP contribution is -2.14. The van der Waals surface area contributed by atoms with E-state index >= 15 is 0 Å². The lowest BCUT2D eigenvalue weighted by molar-refractivity contribution is 0.0601. The van der Waals surface area contributed by atoms with Crippen molar-refractivity contribution in [1.82, 2.24) is 0 Å². The summed E-state index contributed by atoms with van der Waals surface area (Å²) >= 11 is 1.01. The van der Waals surface area contributed by atoms with Crippen LogP contribution >= 0.6 is 11.3 Å². The van der Waals surface area contributed by atoms with Crippen molar-refractivity contribution in [2.45, 2.75) is 13.8 Å². The van der Waals surface area contributed by atoms with Crippen LogP contribution in [0.2, 0.25) is 0 Å². The van der Waals surface area contributed by atoms with E-state index < -0.39 is 11.9 Å². The summed E-state index contributed by atoms with van der Waals surface area (Å²) < 4.78 is 10.1. The average molecular weight is 439 g/mol. The Morgan fingerprint density at radius 3 is 2.32 bits per heavy atom. The van der Waals surface area contributed by atoms with Gasteiger partial charge in [-0.05, 0) is 43.7 Å². The average Bonchev–Trinajstić information content (AvgIpc) is 3.09. The zero-order valence-corrected chi connectivity index (χ0v) is 18.4. The molecule has 0 unspecified atom stereocenters. The third-order valence-electron chi connectivity index (χ3n) is 4.61. The highest BCUT2D eigenvalue weighted by molar-refractivity contribution is 7.19. The van der Waals surface area contributed by atoms with Gasteiger partial charge in [-0.1, -0.05) is 29.8 Å². The molecule has 0 fully saturated rings. The predicted molar refractivity (Wildman–Crippen MR) is 120 cm³/mol. The van der Waals surface area contributed by atoms with Crippen LogP contribution in [0.15, 0.2) is 48.5 Å². The highest BCUT2D eigenvalue weighted by Crippen LogP contribution is 2.35. The van der Waals surface area contributed by atoms with Crippen LogP contribution in [0.4, 0.5) is 10.7 Å². The zero-order chi connectivity index (χ0) is 22.5. The molecule has 0 spiro atoms. The standard InChI is InChI=1S/C23H22N2O5S/c1-13-8-7-9-15(12-13)20(26)25-22-18(23(28)30-4)14(2)19(31-22)21(27)24-16-10-5-6-11-17(16)29-3/h5-12H,1-4H3,(H,24,27)(H,25,26). The molecule has 160 valence electrons. The van der Waals surface area contributed by atoms with E-state index in [-0.39, 0.29) is 21.3 Å². The minimum Gasteiger partial charge on any atom is -0.495 e. The topological polar surface area (TPSA) is 93.7 Å². The van der Waals surface area contributed by atoms with Crippen LogP contribution in [-0.4, -0.2) is 32.0 Å². The van der Waals surface area contributed by atoms with Crippen molar-refractivity contribution in [3.8, 4) is 5.75 Å². The molecular formula is C23H22N2O5S. The van der Waals surface area contributed by atoms with E-state index in [4.69, 9.17) is 9.47 Å². The Labute approximate surface area is 184 Å². The van der Waals surface area contributed by atoms with Gasteiger partial charge in [0.25, 0.3) is 11.8 Å². The fourth-order valence-electron chi connectivity index (χ4n) is 3.05. The van der Waals surface area contributed by atoms with E-state index in [9.17, 15) is 14.4 Å². The normalized spacial score (nSPS) is 10.3. The molecule has 3 aromatic rings. The van der Waals surface area contributed by atoms with Crippen LogP contribution in [0.1, 0.15) is 41.5 Å². The summed E-state index contributed by atoms with van der Waals surface area (Å²) in [4.78, 5) is 38.4. The van der Waals surface area contributed by atoms with Crippen LogP contribution in [-0.2, 0) is 4.74 Å². The van der Waals surface area contributed by atoms with Crippen molar-refractivity contribution in [2.75, 3.05) is 24.9 Å². The van der Waals surface area contributed by atoms with Crippen molar-refractivity contribution in [3.05, 3.63) is 75.7 Å². The fraction of sp³-hybridized carbons (Fsp3) is 0.174. The molecule has 0 radical (unpaired) electrons. The van der Waals surface area contributed by atoms with E-state index in [1.807, 2.05) is 13.0 Å². The van der Waals surface area contributed by atoms with Crippen molar-refractivity contribution in [2.24, 2.45) is 0 Å². The minimum atomic E-state index is -0.635. The first-order valence-corrected chi connectivity index (χ1v) is 10.2. The Morgan fingerprint density at radius 2 is 1.65 bits per heavy atom. The summed E-state index contributed by atoms with van der Waals surface area (Å²) in [5.41, 5.74) is 2.44. The molecule has 2 N–H and O–H groups in total. The molecule has 31 heavy (non-hydrogen) atoms. The van der Waals surface area contributed by atoms with Crippen LogP contribution in [0.25, 0.3) is 0 Å². The summed E-state index contributed by atoms with van der Waals surface area (Å²) in [5.74, 6) is -0.934. The van der Waals surface area contributed by atoms with Gasteiger partial charge in [0, 0.05) is 5.56 Å². The first kappa shape index (κ1) is 22.0. The molecule has 0 saturated heterocycles. The number of rotatable bonds is 6. The van der Waals surface area contributed by atoms with Gasteiger partial charge in [0.2, 0.25) is 0 Å². The zero-order valence-electron chi connectivity index (χ0n) is 17.6. The lowest BCUT2D eigenvalue weighted by Gasteiger charge is -2.09. The van der Waals surface area contributed by atoms with Gasteiger partial charge in [0.15, 0.2) is 0 Å². The Balaban J connectivity index is 1.95. The van der Waals surface area contributed by atoms with Crippen molar-refractivity contribution in [1.29, 1.82) is 0 Å². The number of carbonyl (C=O) groups excluding carboxylic acids is 3. The molecule has 0 bridgehead atoms. The van der Waals surface area contributed by atoms with Gasteiger partial charge in [0.1, 0.15) is 10.8 Å². The smallest absolute Gasteiger partial charge is 0.341 e. The summed E-state index contributed by atoms with van der Waals surface area (Å²) in [6.07, 6.45) is 0. The van der Waals surface area contributed by atoms with E-state index in [2.05, 4.69) is 10.6 Å². The van der Waals surface area contributed by atoms with Gasteiger partial charge in [-0.15, -0.1) is 11.3 Å². The van der Waals surface area contributed by atoms with Gasteiger partial charge >= 0.3 is 5.97 Å². The first-order valence-electron chi connectivity index (χ1n) is 9.39. The number of thiophene rings is 1. The Kier molecular flexibility index (Phi) is 6.71. The number of para-hydroxylation sites is 2. The Morgan fingerprint density at radius 1 is 0.903 bits per heavy atom. The van der Waals surface area contributed by atoms with Gasteiger partial charge in [-0.25, -0.2) is 4.79 Å². The first-order chi connectivity index (χ1) is 14.8. The van der Waals surface area contributed by atoms with E-state index in [0.717, 1.165) is 16.9 Å². The Bertz CT molecular complexity index is 1150. The molecule has 0 saturated carbocycles. The van der Waals surface area contributed by atoms with E-state index in [1.165, 1.54) is 14.2 Å². The fourth-order valence-corrected chi connectivity index (χ4v) is 4.14. The maximum Gasteiger partial charge on any atom is 0.341 e. The molecule has 0 aliphatic rings. The Hall–Kier alpha value is -3.65. The lowest BCUT2D eigenvalue weighted by atomic mass is 10.1. The minimum absolute atomic E-state index is 0.152. The number of esters is 1. The molecule has 8 heteroatoms. The second-order valence-electron chi connectivity index (χ2n) is 6.73. The number of anilines is 2.